The minimum Gasteiger partial charge on any atom is -0.492 e. The predicted octanol–water partition coefficient (Wildman–Crippen LogP) is 6.12. The van der Waals surface area contributed by atoms with Crippen molar-refractivity contribution in [3.05, 3.63) is 28.8 Å². The molecule has 0 N–H and O–H groups in total. The maximum atomic E-state index is 11.6. The molecule has 0 spiro atoms. The van der Waals surface area contributed by atoms with E-state index < -0.39 is 20.5 Å². The summed E-state index contributed by atoms with van der Waals surface area (Å²) in [6, 6.07) is 5.81. The van der Waals surface area contributed by atoms with E-state index in [4.69, 9.17) is 51.1 Å². The molecule has 1 aromatic carbocycles. The molecule has 0 heterocycles. The highest BCUT2D eigenvalue weighted by Crippen LogP contribution is 2.29. The SMILES string of the molecule is CC(C)c1ccc(OCCCCCCS(=O)(=O)OCC(Cl)(Cl)Cl)c(Cl)c1. The lowest BCUT2D eigenvalue weighted by atomic mass is 10.0. The van der Waals surface area contributed by atoms with Crippen LogP contribution in [0.1, 0.15) is 51.0 Å². The molecule has 1 aromatic rings. The van der Waals surface area contributed by atoms with Crippen LogP contribution in [-0.4, -0.2) is 31.2 Å². The van der Waals surface area contributed by atoms with Crippen molar-refractivity contribution >= 4 is 56.5 Å². The molecule has 0 aromatic heterocycles. The summed E-state index contributed by atoms with van der Waals surface area (Å²) in [7, 11) is -3.67. The average molecular weight is 466 g/mol. The fraction of sp³-hybridized carbons (Fsp3) is 0.647. The Labute approximate surface area is 176 Å². The van der Waals surface area contributed by atoms with Gasteiger partial charge in [0.2, 0.25) is 3.79 Å². The lowest BCUT2D eigenvalue weighted by Crippen LogP contribution is -2.19. The Bertz CT molecular complexity index is 657. The summed E-state index contributed by atoms with van der Waals surface area (Å²) in [4.78, 5) is 0. The molecule has 0 saturated heterocycles. The standard InChI is InChI=1S/C17H24Cl4O4S/c1-13(2)14-7-8-16(15(18)11-14)24-9-5-3-4-6-10-26(22,23)25-12-17(19,20)21/h7-8,11,13H,3-6,9-10,12H2,1-2H3. The third-order valence-electron chi connectivity index (χ3n) is 3.57. The third kappa shape index (κ3) is 10.4. The van der Waals surface area contributed by atoms with Crippen LogP contribution in [0.4, 0.5) is 0 Å². The van der Waals surface area contributed by atoms with E-state index in [1.165, 1.54) is 5.56 Å². The Kier molecular flexibility index (Phi) is 10.4. The van der Waals surface area contributed by atoms with Gasteiger partial charge in [-0.2, -0.15) is 8.42 Å². The Morgan fingerprint density at radius 1 is 1.08 bits per heavy atom. The monoisotopic (exact) mass is 464 g/mol. The number of hydrogen-bond donors (Lipinski definition) is 0. The topological polar surface area (TPSA) is 52.6 Å². The van der Waals surface area contributed by atoms with Crippen LogP contribution in [0.15, 0.2) is 18.2 Å². The zero-order chi connectivity index (χ0) is 19.8. The van der Waals surface area contributed by atoms with Crippen LogP contribution < -0.4 is 4.74 Å². The number of halogens is 4. The first-order valence-corrected chi connectivity index (χ1v) is 11.5. The summed E-state index contributed by atoms with van der Waals surface area (Å²) in [5.74, 6) is 0.979. The Balaban J connectivity index is 2.20. The van der Waals surface area contributed by atoms with Crippen molar-refractivity contribution in [3.63, 3.8) is 0 Å². The maximum absolute atomic E-state index is 11.6. The highest BCUT2D eigenvalue weighted by atomic mass is 35.6. The molecule has 0 radical (unpaired) electrons. The van der Waals surface area contributed by atoms with Gasteiger partial charge in [-0.25, -0.2) is 0 Å². The van der Waals surface area contributed by atoms with Gasteiger partial charge in [-0.05, 0) is 36.5 Å². The molecule has 0 aliphatic carbocycles. The molecule has 4 nitrogen and oxygen atoms in total. The Hall–Kier alpha value is 0.0900. The van der Waals surface area contributed by atoms with Crippen LogP contribution in [0, 0.1) is 0 Å². The first kappa shape index (κ1) is 24.1. The highest BCUT2D eigenvalue weighted by molar-refractivity contribution is 7.86. The van der Waals surface area contributed by atoms with Gasteiger partial charge in [0.25, 0.3) is 10.1 Å². The van der Waals surface area contributed by atoms with Gasteiger partial charge >= 0.3 is 0 Å². The second-order valence-electron chi connectivity index (χ2n) is 6.25. The smallest absolute Gasteiger partial charge is 0.267 e. The lowest BCUT2D eigenvalue weighted by molar-refractivity contribution is 0.304. The van der Waals surface area contributed by atoms with E-state index in [1.807, 2.05) is 18.2 Å². The number of hydrogen-bond acceptors (Lipinski definition) is 4. The van der Waals surface area contributed by atoms with E-state index in [2.05, 4.69) is 18.0 Å². The first-order valence-electron chi connectivity index (χ1n) is 8.36. The zero-order valence-corrected chi connectivity index (χ0v) is 18.7. The second-order valence-corrected chi connectivity index (χ2v) is 10.9. The molecule has 26 heavy (non-hydrogen) atoms. The second kappa shape index (κ2) is 11.2. The first-order chi connectivity index (χ1) is 12.0. The van der Waals surface area contributed by atoms with Gasteiger partial charge in [0, 0.05) is 0 Å². The molecule has 0 fully saturated rings. The number of ether oxygens (including phenoxy) is 1. The van der Waals surface area contributed by atoms with E-state index >= 15 is 0 Å². The number of rotatable bonds is 11. The molecular weight excluding hydrogens is 442 g/mol. The van der Waals surface area contributed by atoms with Gasteiger partial charge in [0.1, 0.15) is 12.4 Å². The van der Waals surface area contributed by atoms with Crippen molar-refractivity contribution in [3.8, 4) is 5.75 Å². The summed E-state index contributed by atoms with van der Waals surface area (Å²) in [5, 5.41) is 0.605. The van der Waals surface area contributed by atoms with Crippen LogP contribution in [0.5, 0.6) is 5.75 Å². The van der Waals surface area contributed by atoms with Crippen LogP contribution in [0.25, 0.3) is 0 Å². The zero-order valence-electron chi connectivity index (χ0n) is 14.8. The molecular formula is C17H24Cl4O4S. The van der Waals surface area contributed by atoms with E-state index in [-0.39, 0.29) is 5.75 Å². The molecule has 0 bridgehead atoms. The van der Waals surface area contributed by atoms with Gasteiger partial charge in [-0.1, -0.05) is 79.2 Å². The summed E-state index contributed by atoms with van der Waals surface area (Å²) < 4.78 is 31.8. The molecule has 0 amide bonds. The largest absolute Gasteiger partial charge is 0.492 e. The average Bonchev–Trinajstić information content (AvgIpc) is 2.52. The predicted molar refractivity (Wildman–Crippen MR) is 110 cm³/mol. The van der Waals surface area contributed by atoms with E-state index in [0.29, 0.717) is 29.7 Å². The van der Waals surface area contributed by atoms with E-state index in [1.54, 1.807) is 0 Å². The van der Waals surface area contributed by atoms with Gasteiger partial charge in [-0.15, -0.1) is 0 Å². The summed E-state index contributed by atoms with van der Waals surface area (Å²) >= 11 is 22.6. The molecule has 1 rings (SSSR count). The van der Waals surface area contributed by atoms with E-state index in [9.17, 15) is 8.42 Å². The highest BCUT2D eigenvalue weighted by Gasteiger charge is 2.24. The third-order valence-corrected chi connectivity index (χ3v) is 5.46. The van der Waals surface area contributed by atoms with Crippen molar-refractivity contribution in [1.82, 2.24) is 0 Å². The quantitative estimate of drug-likeness (QED) is 0.224. The van der Waals surface area contributed by atoms with Crippen molar-refractivity contribution < 1.29 is 17.3 Å². The molecule has 0 atom stereocenters. The summed E-state index contributed by atoms with van der Waals surface area (Å²) in [5.41, 5.74) is 1.17. The summed E-state index contributed by atoms with van der Waals surface area (Å²) in [6.45, 7) is 4.26. The van der Waals surface area contributed by atoms with Crippen molar-refractivity contribution in [2.75, 3.05) is 19.0 Å². The van der Waals surface area contributed by atoms with Crippen LogP contribution in [-0.2, 0) is 14.3 Å². The van der Waals surface area contributed by atoms with Crippen molar-refractivity contribution in [2.45, 2.75) is 49.2 Å². The van der Waals surface area contributed by atoms with Gasteiger partial charge in [0.05, 0.1) is 17.4 Å². The lowest BCUT2D eigenvalue weighted by Gasteiger charge is -2.12. The molecule has 0 saturated carbocycles. The molecule has 0 aliphatic rings. The van der Waals surface area contributed by atoms with Gasteiger partial charge < -0.3 is 4.74 Å². The van der Waals surface area contributed by atoms with Crippen molar-refractivity contribution in [2.24, 2.45) is 0 Å². The summed E-state index contributed by atoms with van der Waals surface area (Å²) in [6.07, 6.45) is 2.85. The van der Waals surface area contributed by atoms with Crippen LogP contribution in [0.2, 0.25) is 5.02 Å². The molecule has 0 unspecified atom stereocenters. The fourth-order valence-electron chi connectivity index (χ4n) is 2.13. The minimum atomic E-state index is -3.67. The minimum absolute atomic E-state index is 0.100. The number of alkyl halides is 3. The Morgan fingerprint density at radius 3 is 2.31 bits per heavy atom. The molecule has 0 aliphatic heterocycles. The van der Waals surface area contributed by atoms with Crippen LogP contribution >= 0.6 is 46.4 Å². The van der Waals surface area contributed by atoms with E-state index in [0.717, 1.165) is 19.3 Å². The normalized spacial score (nSPS) is 12.6. The number of unbranched alkanes of at least 4 members (excludes halogenated alkanes) is 3. The Morgan fingerprint density at radius 2 is 1.73 bits per heavy atom. The fourth-order valence-corrected chi connectivity index (χ4v) is 3.76. The maximum Gasteiger partial charge on any atom is 0.267 e. The molecule has 150 valence electrons. The van der Waals surface area contributed by atoms with Crippen LogP contribution in [0.3, 0.4) is 0 Å². The molecule has 9 heteroatoms. The van der Waals surface area contributed by atoms with Crippen molar-refractivity contribution in [1.29, 1.82) is 0 Å². The van der Waals surface area contributed by atoms with Gasteiger partial charge in [0.15, 0.2) is 0 Å². The van der Waals surface area contributed by atoms with Gasteiger partial charge in [-0.3, -0.25) is 4.18 Å². The number of benzene rings is 1.